The number of cyclic esters (lactones) is 1. The number of ether oxygens (including phenoxy) is 1. The zero-order valence-corrected chi connectivity index (χ0v) is 17.6. The number of pyridine rings is 1. The van der Waals surface area contributed by atoms with Crippen LogP contribution in [-0.4, -0.2) is 65.0 Å². The maximum atomic E-state index is 12.2. The Kier molecular flexibility index (Phi) is 5.98. The third-order valence-electron chi connectivity index (χ3n) is 5.21. The SMILES string of the molecule is CC(=O)NC[C@H]1CN(c2ccc(-c3ccc(N4CCS(=O)CC4)nc3)cc2)C(=O)O1. The molecule has 0 aliphatic carbocycles. The number of amides is 2. The van der Waals surface area contributed by atoms with Gasteiger partial charge in [0.25, 0.3) is 0 Å². The minimum atomic E-state index is -0.706. The number of nitrogens with one attached hydrogen (secondary N) is 1. The zero-order chi connectivity index (χ0) is 21.1. The summed E-state index contributed by atoms with van der Waals surface area (Å²) in [6.07, 6.45) is 1.07. The Bertz CT molecular complexity index is 938. The molecule has 2 aliphatic heterocycles. The molecule has 4 rings (SSSR count). The maximum absolute atomic E-state index is 12.2. The molecule has 2 saturated heterocycles. The van der Waals surface area contributed by atoms with Gasteiger partial charge in [0.1, 0.15) is 11.9 Å². The van der Waals surface area contributed by atoms with Crippen molar-refractivity contribution in [3.8, 4) is 11.1 Å². The largest absolute Gasteiger partial charge is 0.442 e. The predicted molar refractivity (Wildman–Crippen MR) is 116 cm³/mol. The first-order chi connectivity index (χ1) is 14.5. The second-order valence-corrected chi connectivity index (χ2v) is 9.04. The number of benzene rings is 1. The van der Waals surface area contributed by atoms with Crippen LogP contribution in [0.3, 0.4) is 0 Å². The van der Waals surface area contributed by atoms with E-state index in [2.05, 4.69) is 15.2 Å². The van der Waals surface area contributed by atoms with Gasteiger partial charge in [0.2, 0.25) is 5.91 Å². The highest BCUT2D eigenvalue weighted by Crippen LogP contribution is 2.27. The third kappa shape index (κ3) is 4.62. The highest BCUT2D eigenvalue weighted by molar-refractivity contribution is 7.85. The molecule has 8 nitrogen and oxygen atoms in total. The van der Waals surface area contributed by atoms with E-state index in [0.29, 0.717) is 24.6 Å². The lowest BCUT2D eigenvalue weighted by molar-refractivity contribution is -0.119. The monoisotopic (exact) mass is 428 g/mol. The number of aromatic nitrogens is 1. The van der Waals surface area contributed by atoms with Gasteiger partial charge in [0.15, 0.2) is 0 Å². The summed E-state index contributed by atoms with van der Waals surface area (Å²) in [5.41, 5.74) is 2.73. The van der Waals surface area contributed by atoms with Gasteiger partial charge in [0, 0.05) is 59.8 Å². The zero-order valence-electron chi connectivity index (χ0n) is 16.7. The minimum Gasteiger partial charge on any atom is -0.442 e. The molecule has 1 N–H and O–H groups in total. The lowest BCUT2D eigenvalue weighted by Crippen LogP contribution is -2.38. The van der Waals surface area contributed by atoms with E-state index in [1.807, 2.05) is 42.6 Å². The standard InChI is InChI=1S/C21H24N4O4S/c1-15(26)22-13-19-14-25(21(27)29-19)18-5-2-16(3-6-18)17-4-7-20(23-12-17)24-8-10-30(28)11-9-24/h2-7,12,19H,8-11,13-14H2,1H3,(H,22,26)/t19-/m0/s1. The van der Waals surface area contributed by atoms with Crippen molar-refractivity contribution < 1.29 is 18.5 Å². The molecule has 1 aromatic heterocycles. The van der Waals surface area contributed by atoms with Crippen LogP contribution in [0.1, 0.15) is 6.92 Å². The molecule has 1 aromatic carbocycles. The second-order valence-electron chi connectivity index (χ2n) is 7.34. The fourth-order valence-electron chi connectivity index (χ4n) is 3.54. The molecule has 0 bridgehead atoms. The van der Waals surface area contributed by atoms with Crippen molar-refractivity contribution in [3.63, 3.8) is 0 Å². The molecule has 2 aromatic rings. The van der Waals surface area contributed by atoms with Crippen LogP contribution in [0.4, 0.5) is 16.3 Å². The van der Waals surface area contributed by atoms with Crippen LogP contribution < -0.4 is 15.1 Å². The van der Waals surface area contributed by atoms with Crippen molar-refractivity contribution in [3.05, 3.63) is 42.6 Å². The highest BCUT2D eigenvalue weighted by Gasteiger charge is 2.32. The predicted octanol–water partition coefficient (Wildman–Crippen LogP) is 1.78. The molecule has 0 saturated carbocycles. The van der Waals surface area contributed by atoms with E-state index in [0.717, 1.165) is 35.7 Å². The number of carbonyl (C=O) groups excluding carboxylic acids is 2. The molecule has 2 amide bonds. The van der Waals surface area contributed by atoms with Crippen LogP contribution in [0.25, 0.3) is 11.1 Å². The van der Waals surface area contributed by atoms with Gasteiger partial charge < -0.3 is 15.0 Å². The Labute approximate surface area is 177 Å². The van der Waals surface area contributed by atoms with Gasteiger partial charge in [-0.3, -0.25) is 13.9 Å². The molecule has 30 heavy (non-hydrogen) atoms. The average Bonchev–Trinajstić information content (AvgIpc) is 3.14. The van der Waals surface area contributed by atoms with Crippen LogP contribution in [0.5, 0.6) is 0 Å². The highest BCUT2D eigenvalue weighted by atomic mass is 32.2. The molecular weight excluding hydrogens is 404 g/mol. The Hall–Kier alpha value is -2.94. The first kappa shape index (κ1) is 20.3. The summed E-state index contributed by atoms with van der Waals surface area (Å²) in [4.78, 5) is 31.5. The lowest BCUT2D eigenvalue weighted by atomic mass is 10.1. The topological polar surface area (TPSA) is 91.8 Å². The quantitative estimate of drug-likeness (QED) is 0.781. The summed E-state index contributed by atoms with van der Waals surface area (Å²) >= 11 is 0. The van der Waals surface area contributed by atoms with Crippen LogP contribution in [0.2, 0.25) is 0 Å². The van der Waals surface area contributed by atoms with Gasteiger partial charge in [-0.25, -0.2) is 9.78 Å². The normalized spacial score (nSPS) is 19.6. The fourth-order valence-corrected chi connectivity index (χ4v) is 4.59. The molecule has 0 radical (unpaired) electrons. The first-order valence-electron chi connectivity index (χ1n) is 9.88. The molecule has 2 aliphatic rings. The van der Waals surface area contributed by atoms with Gasteiger partial charge in [0.05, 0.1) is 13.1 Å². The number of anilines is 2. The van der Waals surface area contributed by atoms with E-state index in [1.165, 1.54) is 6.92 Å². The van der Waals surface area contributed by atoms with Gasteiger partial charge in [-0.05, 0) is 29.8 Å². The van der Waals surface area contributed by atoms with Gasteiger partial charge in [-0.15, -0.1) is 0 Å². The van der Waals surface area contributed by atoms with Crippen LogP contribution in [-0.2, 0) is 20.3 Å². The van der Waals surface area contributed by atoms with Gasteiger partial charge in [-0.1, -0.05) is 12.1 Å². The van der Waals surface area contributed by atoms with Crippen LogP contribution in [0.15, 0.2) is 42.6 Å². The Balaban J connectivity index is 1.40. The summed E-state index contributed by atoms with van der Waals surface area (Å²) in [5, 5.41) is 2.67. The van der Waals surface area contributed by atoms with Crippen molar-refractivity contribution in [2.75, 3.05) is 47.5 Å². The minimum absolute atomic E-state index is 0.149. The van der Waals surface area contributed by atoms with Crippen molar-refractivity contribution in [2.24, 2.45) is 0 Å². The molecule has 2 fully saturated rings. The Morgan fingerprint density at radius 2 is 1.87 bits per heavy atom. The van der Waals surface area contributed by atoms with Crippen molar-refractivity contribution >= 4 is 34.3 Å². The maximum Gasteiger partial charge on any atom is 0.414 e. The van der Waals surface area contributed by atoms with Crippen LogP contribution in [0, 0.1) is 0 Å². The van der Waals surface area contributed by atoms with Gasteiger partial charge in [-0.2, -0.15) is 0 Å². The van der Waals surface area contributed by atoms with Gasteiger partial charge >= 0.3 is 6.09 Å². The smallest absolute Gasteiger partial charge is 0.414 e. The lowest BCUT2D eigenvalue weighted by Gasteiger charge is -2.27. The first-order valence-corrected chi connectivity index (χ1v) is 11.4. The van der Waals surface area contributed by atoms with E-state index in [1.54, 1.807) is 4.90 Å². The Morgan fingerprint density at radius 3 is 2.50 bits per heavy atom. The average molecular weight is 429 g/mol. The molecule has 3 heterocycles. The van der Waals surface area contributed by atoms with E-state index >= 15 is 0 Å². The third-order valence-corrected chi connectivity index (χ3v) is 6.49. The molecule has 0 spiro atoms. The number of hydrogen-bond donors (Lipinski definition) is 1. The molecule has 1 atom stereocenters. The van der Waals surface area contributed by atoms with E-state index in [-0.39, 0.29) is 12.0 Å². The summed E-state index contributed by atoms with van der Waals surface area (Å²) in [7, 11) is -0.706. The molecule has 0 unspecified atom stereocenters. The molecular formula is C21H24N4O4S. The van der Waals surface area contributed by atoms with Crippen molar-refractivity contribution in [1.29, 1.82) is 0 Å². The number of hydrogen-bond acceptors (Lipinski definition) is 6. The summed E-state index contributed by atoms with van der Waals surface area (Å²) in [6, 6.07) is 11.7. The molecule has 158 valence electrons. The number of rotatable bonds is 5. The van der Waals surface area contributed by atoms with E-state index in [9.17, 15) is 13.8 Å². The Morgan fingerprint density at radius 1 is 1.17 bits per heavy atom. The van der Waals surface area contributed by atoms with Crippen molar-refractivity contribution in [1.82, 2.24) is 10.3 Å². The summed E-state index contributed by atoms with van der Waals surface area (Å²) < 4.78 is 16.8. The number of carbonyl (C=O) groups is 2. The van der Waals surface area contributed by atoms with Crippen molar-refractivity contribution in [2.45, 2.75) is 13.0 Å². The van der Waals surface area contributed by atoms with E-state index < -0.39 is 16.9 Å². The molecule has 9 heteroatoms. The van der Waals surface area contributed by atoms with E-state index in [4.69, 9.17) is 4.74 Å². The van der Waals surface area contributed by atoms with Crippen LogP contribution >= 0.6 is 0 Å². The fraction of sp³-hybridized carbons (Fsp3) is 0.381. The number of nitrogens with zero attached hydrogens (tertiary/aromatic N) is 3. The second kappa shape index (κ2) is 8.83. The summed E-state index contributed by atoms with van der Waals surface area (Å²) in [5.74, 6) is 2.13. The summed E-state index contributed by atoms with van der Waals surface area (Å²) in [6.45, 7) is 3.67.